The number of hydrogen-bond acceptors (Lipinski definition) is 6. The zero-order valence-electron chi connectivity index (χ0n) is 13.0. The Balaban J connectivity index is 0.00000288. The van der Waals surface area contributed by atoms with Crippen molar-refractivity contribution in [3.8, 4) is 0 Å². The first-order valence-electron chi connectivity index (χ1n) is 7.22. The molecule has 0 spiro atoms. The van der Waals surface area contributed by atoms with Gasteiger partial charge in [0.1, 0.15) is 10.5 Å². The topological polar surface area (TPSA) is 151 Å². The smallest absolute Gasteiger partial charge is 0.327 e. The van der Waals surface area contributed by atoms with Gasteiger partial charge in [-0.1, -0.05) is 19.8 Å². The predicted octanol–water partition coefficient (Wildman–Crippen LogP) is -0.171. The zero-order valence-corrected chi connectivity index (χ0v) is 14.7. The first kappa shape index (κ1) is 20.3. The summed E-state index contributed by atoms with van der Waals surface area (Å²) in [6, 6.07) is 0.789. The van der Waals surface area contributed by atoms with Crippen molar-refractivity contribution >= 4 is 33.5 Å². The van der Waals surface area contributed by atoms with Gasteiger partial charge < -0.3 is 5.73 Å². The Kier molecular flexibility index (Phi) is 7.08. The van der Waals surface area contributed by atoms with Gasteiger partial charge in [0, 0.05) is 18.8 Å². The number of nitrogens with one attached hydrogen (secondary N) is 3. The Morgan fingerprint density at radius 2 is 2.04 bits per heavy atom. The first-order valence-corrected chi connectivity index (χ1v) is 8.70. The first-order chi connectivity index (χ1) is 10.9. The molecular weight excluding hydrogens is 358 g/mol. The van der Waals surface area contributed by atoms with Crippen LogP contribution in [0, 0.1) is 0 Å². The van der Waals surface area contributed by atoms with Crippen LogP contribution in [0.3, 0.4) is 0 Å². The number of nitrogens with zero attached hydrogens (tertiary/aromatic N) is 1. The molecule has 1 atom stereocenters. The van der Waals surface area contributed by atoms with Crippen molar-refractivity contribution in [2.45, 2.75) is 37.1 Å². The van der Waals surface area contributed by atoms with Gasteiger partial charge in [-0.25, -0.2) is 22.9 Å². The van der Waals surface area contributed by atoms with Gasteiger partial charge in [-0.05, 0) is 12.5 Å². The highest BCUT2D eigenvalue weighted by atomic mass is 35.5. The van der Waals surface area contributed by atoms with Crippen LogP contribution >= 0.6 is 12.4 Å². The van der Waals surface area contributed by atoms with Crippen molar-refractivity contribution in [1.82, 2.24) is 19.7 Å². The molecule has 0 aliphatic carbocycles. The number of hydrogen-bond donors (Lipinski definition) is 4. The van der Waals surface area contributed by atoms with Crippen molar-refractivity contribution in [2.24, 2.45) is 5.73 Å². The number of fused-ring (bicyclic) bond motifs is 1. The second kappa shape index (κ2) is 8.38. The summed E-state index contributed by atoms with van der Waals surface area (Å²) in [5, 5.41) is -0.00895. The number of pyridine rings is 1. The van der Waals surface area contributed by atoms with E-state index in [4.69, 9.17) is 5.73 Å². The second-order valence-electron chi connectivity index (χ2n) is 5.17. The minimum atomic E-state index is -3.86. The van der Waals surface area contributed by atoms with E-state index in [1.165, 1.54) is 6.07 Å². The number of sulfonamides is 1. The van der Waals surface area contributed by atoms with Gasteiger partial charge in [-0.15, -0.1) is 12.4 Å². The lowest BCUT2D eigenvalue weighted by Gasteiger charge is -2.16. The predicted molar refractivity (Wildman–Crippen MR) is 92.9 cm³/mol. The SMILES string of the molecule is CCCCC(CN)NS(=O)(=O)c1cnc2[nH]c(=O)[nH]c(=O)c2c1.Cl. The second-order valence-corrected chi connectivity index (χ2v) is 6.89. The normalized spacial score (nSPS) is 12.8. The highest BCUT2D eigenvalue weighted by Gasteiger charge is 2.20. The molecule has 0 aliphatic rings. The highest BCUT2D eigenvalue weighted by Crippen LogP contribution is 2.13. The average molecular weight is 378 g/mol. The molecule has 0 aliphatic heterocycles. The van der Waals surface area contributed by atoms with Crippen molar-refractivity contribution in [1.29, 1.82) is 0 Å². The zero-order chi connectivity index (χ0) is 17.0. The van der Waals surface area contributed by atoms with Crippen LogP contribution in [0.15, 0.2) is 26.7 Å². The molecule has 2 aromatic rings. The quantitative estimate of drug-likeness (QED) is 0.525. The van der Waals surface area contributed by atoms with E-state index in [0.29, 0.717) is 6.42 Å². The third kappa shape index (κ3) is 4.63. The molecule has 2 heterocycles. The lowest BCUT2D eigenvalue weighted by molar-refractivity contribution is 0.516. The van der Waals surface area contributed by atoms with Crippen LogP contribution in [-0.2, 0) is 10.0 Å². The average Bonchev–Trinajstić information content (AvgIpc) is 2.50. The van der Waals surface area contributed by atoms with E-state index in [1.807, 2.05) is 11.9 Å². The van der Waals surface area contributed by atoms with Crippen LogP contribution in [0.25, 0.3) is 11.0 Å². The maximum atomic E-state index is 12.4. The maximum Gasteiger partial charge on any atom is 0.327 e. The van der Waals surface area contributed by atoms with E-state index in [-0.39, 0.29) is 40.9 Å². The van der Waals surface area contributed by atoms with E-state index in [1.54, 1.807) is 0 Å². The number of halogens is 1. The van der Waals surface area contributed by atoms with Crippen molar-refractivity contribution in [2.75, 3.05) is 6.54 Å². The summed E-state index contributed by atoms with van der Waals surface area (Å²) in [6.45, 7) is 2.18. The summed E-state index contributed by atoms with van der Waals surface area (Å²) >= 11 is 0. The van der Waals surface area contributed by atoms with Gasteiger partial charge >= 0.3 is 5.69 Å². The summed E-state index contributed by atoms with van der Waals surface area (Å²) in [5.41, 5.74) is 4.22. The fraction of sp³-hybridized carbons (Fsp3) is 0.462. The molecule has 1 unspecified atom stereocenters. The van der Waals surface area contributed by atoms with Crippen molar-refractivity contribution < 1.29 is 8.42 Å². The molecule has 0 aromatic carbocycles. The fourth-order valence-electron chi connectivity index (χ4n) is 2.14. The number of rotatable bonds is 7. The molecule has 0 fully saturated rings. The number of unbranched alkanes of at least 4 members (excludes halogenated alkanes) is 1. The minimum absolute atomic E-state index is 0. The Bertz CT molecular complexity index is 908. The summed E-state index contributed by atoms with van der Waals surface area (Å²) in [4.78, 5) is 31.0. The van der Waals surface area contributed by atoms with Crippen LogP contribution in [0.5, 0.6) is 0 Å². The summed E-state index contributed by atoms with van der Waals surface area (Å²) < 4.78 is 27.3. The van der Waals surface area contributed by atoms with Crippen LogP contribution in [-0.4, -0.2) is 36.0 Å². The van der Waals surface area contributed by atoms with E-state index < -0.39 is 21.3 Å². The molecule has 5 N–H and O–H groups in total. The molecule has 24 heavy (non-hydrogen) atoms. The van der Waals surface area contributed by atoms with E-state index in [9.17, 15) is 18.0 Å². The van der Waals surface area contributed by atoms with Gasteiger partial charge in [-0.3, -0.25) is 14.8 Å². The molecule has 0 radical (unpaired) electrons. The Hall–Kier alpha value is -1.75. The van der Waals surface area contributed by atoms with Crippen molar-refractivity contribution in [3.05, 3.63) is 33.1 Å². The summed E-state index contributed by atoms with van der Waals surface area (Å²) in [5.74, 6) is 0. The molecule has 0 amide bonds. The van der Waals surface area contributed by atoms with Gasteiger partial charge in [0.05, 0.1) is 5.39 Å². The minimum Gasteiger partial charge on any atom is -0.329 e. The Labute approximate surface area is 144 Å². The third-order valence-corrected chi connectivity index (χ3v) is 4.88. The molecule has 0 saturated heterocycles. The van der Waals surface area contributed by atoms with Crippen LogP contribution in [0.1, 0.15) is 26.2 Å². The van der Waals surface area contributed by atoms with Crippen LogP contribution < -0.4 is 21.7 Å². The van der Waals surface area contributed by atoms with Gasteiger partial charge in [0.2, 0.25) is 10.0 Å². The van der Waals surface area contributed by atoms with E-state index in [0.717, 1.165) is 19.0 Å². The van der Waals surface area contributed by atoms with E-state index >= 15 is 0 Å². The molecule has 0 saturated carbocycles. The number of aromatic nitrogens is 3. The largest absolute Gasteiger partial charge is 0.329 e. The number of aromatic amines is 2. The standard InChI is InChI=1S/C13H19N5O4S.ClH/c1-2-3-4-8(6-14)18-23(21,22)9-5-10-11(15-7-9)16-13(20)17-12(10)19;/h5,7-8,18H,2-4,6,14H2,1H3,(H2,15,16,17,19,20);1H. The molecular formula is C13H20ClN5O4S. The number of H-pyrrole nitrogens is 2. The molecule has 0 bridgehead atoms. The Morgan fingerprint density at radius 3 is 2.67 bits per heavy atom. The monoisotopic (exact) mass is 377 g/mol. The summed E-state index contributed by atoms with van der Waals surface area (Å²) in [6.07, 6.45) is 3.49. The molecule has 9 nitrogen and oxygen atoms in total. The van der Waals surface area contributed by atoms with Crippen molar-refractivity contribution in [3.63, 3.8) is 0 Å². The lowest BCUT2D eigenvalue weighted by Crippen LogP contribution is -2.40. The van der Waals surface area contributed by atoms with Gasteiger partial charge in [-0.2, -0.15) is 0 Å². The molecule has 2 aromatic heterocycles. The van der Waals surface area contributed by atoms with Gasteiger partial charge in [0.15, 0.2) is 0 Å². The van der Waals surface area contributed by atoms with Crippen LogP contribution in [0.2, 0.25) is 0 Å². The molecule has 2 rings (SSSR count). The third-order valence-electron chi connectivity index (χ3n) is 3.39. The van der Waals surface area contributed by atoms with Crippen LogP contribution in [0.4, 0.5) is 0 Å². The lowest BCUT2D eigenvalue weighted by atomic mass is 10.1. The van der Waals surface area contributed by atoms with Gasteiger partial charge in [0.25, 0.3) is 5.56 Å². The molecule has 11 heteroatoms. The summed E-state index contributed by atoms with van der Waals surface area (Å²) in [7, 11) is -3.86. The fourth-order valence-corrected chi connectivity index (χ4v) is 3.39. The highest BCUT2D eigenvalue weighted by molar-refractivity contribution is 7.89. The maximum absolute atomic E-state index is 12.4. The molecule has 134 valence electrons. The number of nitrogens with two attached hydrogens (primary N) is 1. The Morgan fingerprint density at radius 1 is 1.33 bits per heavy atom. The van der Waals surface area contributed by atoms with E-state index in [2.05, 4.69) is 14.7 Å².